The topological polar surface area (TPSA) is 38.5 Å². The van der Waals surface area contributed by atoms with Gasteiger partial charge >= 0.3 is 0 Å². The zero-order valence-electron chi connectivity index (χ0n) is 12.2. The fraction of sp³-hybridized carbons (Fsp3) is 0.588. The van der Waals surface area contributed by atoms with Gasteiger partial charge in [0.15, 0.2) is 23.4 Å². The molecule has 0 N–H and O–H groups in total. The molecule has 2 heterocycles. The highest BCUT2D eigenvalue weighted by Gasteiger charge is 2.85. The number of piperidine rings is 1. The number of fused-ring (bicyclic) bond motifs is 1. The molecule has 6 rings (SSSR count). The van der Waals surface area contributed by atoms with E-state index >= 15 is 0 Å². The number of carbonyl (C=O) groups is 1. The third-order valence-electron chi connectivity index (χ3n) is 7.04. The summed E-state index contributed by atoms with van der Waals surface area (Å²) in [5, 5.41) is 0. The molecule has 0 amide bonds. The van der Waals surface area contributed by atoms with Crippen LogP contribution in [0.25, 0.3) is 0 Å². The molecule has 2 spiro atoms. The fourth-order valence-corrected chi connectivity index (χ4v) is 6.41. The van der Waals surface area contributed by atoms with E-state index in [1.54, 1.807) is 7.11 Å². The molecule has 4 heteroatoms. The molecule has 2 unspecified atom stereocenters. The van der Waals surface area contributed by atoms with Crippen molar-refractivity contribution in [3.8, 4) is 11.5 Å². The van der Waals surface area contributed by atoms with Crippen LogP contribution >= 0.6 is 0 Å². The van der Waals surface area contributed by atoms with Crippen molar-refractivity contribution in [2.24, 2.45) is 5.92 Å². The first kappa shape index (κ1) is 11.1. The van der Waals surface area contributed by atoms with Gasteiger partial charge in [-0.1, -0.05) is 6.07 Å². The van der Waals surface area contributed by atoms with E-state index in [4.69, 9.17) is 9.47 Å². The van der Waals surface area contributed by atoms with Crippen LogP contribution in [-0.2, 0) is 15.7 Å². The summed E-state index contributed by atoms with van der Waals surface area (Å²) in [5.74, 6) is 2.51. The molecule has 5 aliphatic rings. The molecule has 0 aromatic heterocycles. The molecule has 3 aliphatic carbocycles. The smallest absolute Gasteiger partial charge is 0.174 e. The average Bonchev–Trinajstić information content (AvgIpc) is 2.84. The Hall–Kier alpha value is -1.55. The number of ether oxygens (including phenoxy) is 2. The Morgan fingerprint density at radius 3 is 3.10 bits per heavy atom. The van der Waals surface area contributed by atoms with Crippen LogP contribution in [0.15, 0.2) is 12.1 Å². The van der Waals surface area contributed by atoms with Crippen molar-refractivity contribution >= 4 is 5.78 Å². The van der Waals surface area contributed by atoms with Crippen molar-refractivity contribution in [1.29, 1.82) is 0 Å². The Bertz CT molecular complexity index is 744. The van der Waals surface area contributed by atoms with E-state index in [-0.39, 0.29) is 22.8 Å². The molecule has 6 atom stereocenters. The predicted molar refractivity (Wildman–Crippen MR) is 74.7 cm³/mol. The third-order valence-corrected chi connectivity index (χ3v) is 7.04. The Labute approximate surface area is 123 Å². The van der Waals surface area contributed by atoms with Crippen LogP contribution in [0, 0.1) is 5.92 Å². The Kier molecular flexibility index (Phi) is 1.50. The minimum Gasteiger partial charge on any atom is -0.493 e. The van der Waals surface area contributed by atoms with Gasteiger partial charge in [-0.2, -0.15) is 0 Å². The fourth-order valence-electron chi connectivity index (χ4n) is 6.41. The van der Waals surface area contributed by atoms with Crippen LogP contribution in [0.1, 0.15) is 30.4 Å². The first-order valence-electron chi connectivity index (χ1n) is 7.80. The highest BCUT2D eigenvalue weighted by atomic mass is 16.5. The average molecular weight is 283 g/mol. The maximum absolute atomic E-state index is 12.5. The number of rotatable bonds is 1. The number of nitrogens with zero attached hydrogens (tertiary/aromatic N) is 1. The van der Waals surface area contributed by atoms with Crippen molar-refractivity contribution in [3.05, 3.63) is 23.3 Å². The van der Waals surface area contributed by atoms with E-state index in [9.17, 15) is 4.79 Å². The first-order chi connectivity index (χ1) is 10.2. The normalized spacial score (nSPS) is 49.7. The lowest BCUT2D eigenvalue weighted by Crippen LogP contribution is -2.52. The van der Waals surface area contributed by atoms with Gasteiger partial charge in [0.05, 0.1) is 18.1 Å². The summed E-state index contributed by atoms with van der Waals surface area (Å²) < 4.78 is 11.7. The zero-order valence-corrected chi connectivity index (χ0v) is 12.2. The highest BCUT2D eigenvalue weighted by Crippen LogP contribution is 2.80. The molecule has 2 bridgehead atoms. The number of ketones is 1. The largest absolute Gasteiger partial charge is 0.493 e. The molecule has 108 valence electrons. The second-order valence-electron chi connectivity index (χ2n) is 7.33. The molecule has 1 saturated heterocycles. The number of hydrogen-bond donors (Lipinski definition) is 0. The number of likely N-dealkylation sites (tertiary alicyclic amines) is 1. The third kappa shape index (κ3) is 0.811. The van der Waals surface area contributed by atoms with Gasteiger partial charge in [-0.3, -0.25) is 9.69 Å². The molecule has 21 heavy (non-hydrogen) atoms. The Balaban J connectivity index is 1.72. The van der Waals surface area contributed by atoms with E-state index in [0.717, 1.165) is 24.3 Å². The standard InChI is InChI=1S/C17H17NO3/c1-18-14-9-3-5-10(19)15-16(9)7-17(14,18)8-4-6-11(20-2)13(21-15)12(8)16/h4,6,9,14-15H,3,5,7H2,1-2H3/t9?,14-,15-,16-,17-,18?/m0/s1. The van der Waals surface area contributed by atoms with Gasteiger partial charge in [-0.15, -0.1) is 0 Å². The SMILES string of the molecule is COc1ccc2c3c1O[C@H]1C(=O)CCC4[C@@H]5N(C)[C@@]25C[C@@]341. The number of methoxy groups -OCH3 is 1. The number of carbonyl (C=O) groups excluding carboxylic acids is 1. The summed E-state index contributed by atoms with van der Waals surface area (Å²) in [6.45, 7) is 0. The van der Waals surface area contributed by atoms with Crippen molar-refractivity contribution in [2.45, 2.75) is 42.4 Å². The van der Waals surface area contributed by atoms with Crippen molar-refractivity contribution in [2.75, 3.05) is 14.2 Å². The maximum Gasteiger partial charge on any atom is 0.174 e. The Morgan fingerprint density at radius 2 is 2.29 bits per heavy atom. The van der Waals surface area contributed by atoms with Crippen LogP contribution in [0.4, 0.5) is 0 Å². The Morgan fingerprint density at radius 1 is 1.43 bits per heavy atom. The highest BCUT2D eigenvalue weighted by molar-refractivity contribution is 5.90. The monoisotopic (exact) mass is 283 g/mol. The van der Waals surface area contributed by atoms with E-state index in [1.165, 1.54) is 11.1 Å². The second-order valence-corrected chi connectivity index (χ2v) is 7.33. The maximum atomic E-state index is 12.5. The summed E-state index contributed by atoms with van der Waals surface area (Å²) in [7, 11) is 3.92. The summed E-state index contributed by atoms with van der Waals surface area (Å²) >= 11 is 0. The molecule has 1 aromatic carbocycles. The van der Waals surface area contributed by atoms with Crippen molar-refractivity contribution < 1.29 is 14.3 Å². The zero-order chi connectivity index (χ0) is 14.1. The van der Waals surface area contributed by atoms with E-state index < -0.39 is 0 Å². The van der Waals surface area contributed by atoms with E-state index in [2.05, 4.69) is 18.0 Å². The molecular formula is C17H17NO3. The lowest BCUT2D eigenvalue weighted by Gasteiger charge is -2.40. The summed E-state index contributed by atoms with van der Waals surface area (Å²) in [6, 6.07) is 4.84. The number of likely N-dealkylation sites (N-methyl/N-ethyl adjacent to an activating group) is 1. The molecular weight excluding hydrogens is 266 g/mol. The van der Waals surface area contributed by atoms with Gasteiger partial charge in [0.1, 0.15) is 0 Å². The first-order valence-corrected chi connectivity index (χ1v) is 7.80. The quantitative estimate of drug-likeness (QED) is 0.734. The van der Waals surface area contributed by atoms with Crippen LogP contribution < -0.4 is 9.47 Å². The van der Waals surface area contributed by atoms with Gasteiger partial charge in [-0.05, 0) is 37.4 Å². The molecule has 1 aromatic rings. The van der Waals surface area contributed by atoms with E-state index in [1.807, 2.05) is 6.07 Å². The summed E-state index contributed by atoms with van der Waals surface area (Å²) in [6.07, 6.45) is 2.49. The number of Topliss-reactive ketones (excluding diaryl/α,β-unsaturated/α-hetero) is 1. The van der Waals surface area contributed by atoms with Gasteiger partial charge in [0.2, 0.25) is 0 Å². The van der Waals surface area contributed by atoms with Crippen LogP contribution in [-0.4, -0.2) is 37.0 Å². The lowest BCUT2D eigenvalue weighted by molar-refractivity contribution is -0.132. The van der Waals surface area contributed by atoms with Crippen LogP contribution in [0.2, 0.25) is 0 Å². The van der Waals surface area contributed by atoms with Crippen molar-refractivity contribution in [3.63, 3.8) is 0 Å². The van der Waals surface area contributed by atoms with Crippen LogP contribution in [0.5, 0.6) is 11.5 Å². The molecule has 0 radical (unpaired) electrons. The van der Waals surface area contributed by atoms with Crippen LogP contribution in [0.3, 0.4) is 0 Å². The second kappa shape index (κ2) is 2.84. The predicted octanol–water partition coefficient (Wildman–Crippen LogP) is 1.60. The molecule has 3 fully saturated rings. The number of hydrogen-bond acceptors (Lipinski definition) is 4. The molecule has 2 aliphatic heterocycles. The summed E-state index contributed by atoms with van der Waals surface area (Å²) in [5.41, 5.74) is 2.85. The van der Waals surface area contributed by atoms with Crippen molar-refractivity contribution in [1.82, 2.24) is 4.90 Å². The van der Waals surface area contributed by atoms with Gasteiger partial charge < -0.3 is 9.47 Å². The molecule has 4 nitrogen and oxygen atoms in total. The number of benzene rings is 1. The lowest BCUT2D eigenvalue weighted by atomic mass is 9.62. The van der Waals surface area contributed by atoms with Gasteiger partial charge in [-0.25, -0.2) is 0 Å². The molecule has 2 saturated carbocycles. The summed E-state index contributed by atoms with van der Waals surface area (Å²) in [4.78, 5) is 15.0. The minimum absolute atomic E-state index is 0.0499. The minimum atomic E-state index is -0.262. The van der Waals surface area contributed by atoms with E-state index in [0.29, 0.717) is 18.4 Å². The van der Waals surface area contributed by atoms with Gasteiger partial charge in [0, 0.05) is 18.0 Å². The van der Waals surface area contributed by atoms with Gasteiger partial charge in [0.25, 0.3) is 0 Å².